The van der Waals surface area contributed by atoms with Gasteiger partial charge in [-0.3, -0.25) is 19.3 Å². The van der Waals surface area contributed by atoms with Crippen molar-refractivity contribution in [2.45, 2.75) is 6.61 Å². The summed E-state index contributed by atoms with van der Waals surface area (Å²) >= 11 is 0. The molecule has 24 heavy (non-hydrogen) atoms. The van der Waals surface area contributed by atoms with Crippen molar-refractivity contribution in [2.75, 3.05) is 18.6 Å². The molecular formula is C18H15NO5. The molecule has 1 heterocycles. The molecule has 122 valence electrons. The van der Waals surface area contributed by atoms with Gasteiger partial charge in [-0.1, -0.05) is 30.3 Å². The highest BCUT2D eigenvalue weighted by Gasteiger charge is 2.36. The molecule has 6 heteroatoms. The number of anilines is 1. The second-order valence-electron chi connectivity index (χ2n) is 5.21. The lowest BCUT2D eigenvalue weighted by molar-refractivity contribution is -0.143. The van der Waals surface area contributed by atoms with Crippen LogP contribution in [0.15, 0.2) is 48.5 Å². The van der Waals surface area contributed by atoms with Crippen LogP contribution in [0.25, 0.3) is 0 Å². The molecule has 0 N–H and O–H groups in total. The van der Waals surface area contributed by atoms with Gasteiger partial charge in [0.1, 0.15) is 18.9 Å². The van der Waals surface area contributed by atoms with Crippen molar-refractivity contribution in [3.63, 3.8) is 0 Å². The Bertz CT molecular complexity index is 815. The highest BCUT2D eigenvalue weighted by Crippen LogP contribution is 2.28. The molecule has 0 saturated heterocycles. The number of carbonyl (C=O) groups is 3. The van der Waals surface area contributed by atoms with E-state index in [0.29, 0.717) is 17.0 Å². The zero-order chi connectivity index (χ0) is 17.1. The smallest absolute Gasteiger partial charge is 0.326 e. The number of Topliss-reactive ketones (excluding diaryl/α,β-unsaturated/α-hetero) is 1. The van der Waals surface area contributed by atoms with Crippen LogP contribution in [0.2, 0.25) is 0 Å². The van der Waals surface area contributed by atoms with Gasteiger partial charge in [0, 0.05) is 5.56 Å². The van der Waals surface area contributed by atoms with Gasteiger partial charge < -0.3 is 9.47 Å². The molecular weight excluding hydrogens is 310 g/mol. The molecule has 3 rings (SSSR count). The summed E-state index contributed by atoms with van der Waals surface area (Å²) in [6.07, 6.45) is 0. The Morgan fingerprint density at radius 3 is 2.54 bits per heavy atom. The maximum Gasteiger partial charge on any atom is 0.326 e. The van der Waals surface area contributed by atoms with E-state index in [-0.39, 0.29) is 13.2 Å². The third-order valence-electron chi connectivity index (χ3n) is 3.75. The topological polar surface area (TPSA) is 72.9 Å². The minimum atomic E-state index is -0.717. The van der Waals surface area contributed by atoms with Crippen molar-refractivity contribution < 1.29 is 23.9 Å². The van der Waals surface area contributed by atoms with Crippen molar-refractivity contribution in [1.82, 2.24) is 0 Å². The van der Waals surface area contributed by atoms with Gasteiger partial charge in [0.05, 0.1) is 18.4 Å². The number of hydrogen-bond acceptors (Lipinski definition) is 5. The van der Waals surface area contributed by atoms with Crippen LogP contribution < -0.4 is 9.64 Å². The summed E-state index contributed by atoms with van der Waals surface area (Å²) in [5, 5.41) is 0. The van der Waals surface area contributed by atoms with E-state index in [1.807, 2.05) is 12.1 Å². The Labute approximate surface area is 138 Å². The quantitative estimate of drug-likeness (QED) is 0.621. The minimum Gasteiger partial charge on any atom is -0.496 e. The molecule has 1 aliphatic rings. The largest absolute Gasteiger partial charge is 0.496 e. The van der Waals surface area contributed by atoms with Crippen molar-refractivity contribution in [3.05, 3.63) is 59.7 Å². The lowest BCUT2D eigenvalue weighted by atomic mass is 10.1. The van der Waals surface area contributed by atoms with E-state index in [0.717, 1.165) is 10.5 Å². The van der Waals surface area contributed by atoms with Crippen LogP contribution in [-0.4, -0.2) is 31.3 Å². The number of benzene rings is 2. The Hall–Kier alpha value is -3.15. The summed E-state index contributed by atoms with van der Waals surface area (Å²) in [6.45, 7) is -0.281. The van der Waals surface area contributed by atoms with Gasteiger partial charge in [-0.15, -0.1) is 0 Å². The molecule has 0 aliphatic carbocycles. The van der Waals surface area contributed by atoms with Crippen molar-refractivity contribution >= 4 is 23.3 Å². The SMILES string of the molecule is COc1ccccc1COC(=O)CN1C(=O)C(=O)c2ccccc21. The second-order valence-corrected chi connectivity index (χ2v) is 5.21. The number of para-hydroxylation sites is 2. The van der Waals surface area contributed by atoms with E-state index in [9.17, 15) is 14.4 Å². The summed E-state index contributed by atoms with van der Waals surface area (Å²) in [5.41, 5.74) is 1.46. The van der Waals surface area contributed by atoms with Gasteiger partial charge in [-0.05, 0) is 18.2 Å². The standard InChI is InChI=1S/C18H15NO5/c1-23-15-9-5-2-6-12(15)11-24-16(20)10-19-14-8-4-3-7-13(14)17(21)18(19)22/h2-9H,10-11H2,1H3. The first-order valence-electron chi connectivity index (χ1n) is 7.34. The van der Waals surface area contributed by atoms with E-state index >= 15 is 0 Å². The Balaban J connectivity index is 1.67. The number of ketones is 1. The van der Waals surface area contributed by atoms with Crippen molar-refractivity contribution in [1.29, 1.82) is 0 Å². The summed E-state index contributed by atoms with van der Waals surface area (Å²) in [7, 11) is 1.53. The first kappa shape index (κ1) is 15.7. The fourth-order valence-electron chi connectivity index (χ4n) is 2.56. The lowest BCUT2D eigenvalue weighted by Crippen LogP contribution is -2.35. The number of hydrogen-bond donors (Lipinski definition) is 0. The zero-order valence-corrected chi connectivity index (χ0v) is 13.0. The third-order valence-corrected chi connectivity index (χ3v) is 3.75. The van der Waals surface area contributed by atoms with Crippen LogP contribution in [0.4, 0.5) is 5.69 Å². The van der Waals surface area contributed by atoms with Crippen LogP contribution in [-0.2, 0) is 20.9 Å². The average Bonchev–Trinajstić information content (AvgIpc) is 2.85. The number of amides is 1. The van der Waals surface area contributed by atoms with Crippen LogP contribution >= 0.6 is 0 Å². The number of nitrogens with zero attached hydrogens (tertiary/aromatic N) is 1. The first-order chi connectivity index (χ1) is 11.6. The number of rotatable bonds is 5. The van der Waals surface area contributed by atoms with E-state index in [1.54, 1.807) is 36.4 Å². The molecule has 0 fully saturated rings. The summed E-state index contributed by atoms with van der Waals surface area (Å²) < 4.78 is 10.4. The van der Waals surface area contributed by atoms with E-state index < -0.39 is 17.7 Å². The average molecular weight is 325 g/mol. The van der Waals surface area contributed by atoms with Gasteiger partial charge in [-0.2, -0.15) is 0 Å². The van der Waals surface area contributed by atoms with Gasteiger partial charge in [0.2, 0.25) is 0 Å². The Morgan fingerprint density at radius 1 is 1.04 bits per heavy atom. The van der Waals surface area contributed by atoms with Crippen LogP contribution in [0.3, 0.4) is 0 Å². The lowest BCUT2D eigenvalue weighted by Gasteiger charge is -2.16. The maximum atomic E-state index is 12.1. The monoisotopic (exact) mass is 325 g/mol. The predicted molar refractivity (Wildman–Crippen MR) is 85.9 cm³/mol. The summed E-state index contributed by atoms with van der Waals surface area (Å²) in [5.74, 6) is -1.31. The molecule has 0 atom stereocenters. The third kappa shape index (κ3) is 2.86. The van der Waals surface area contributed by atoms with Crippen LogP contribution in [0, 0.1) is 0 Å². The maximum absolute atomic E-state index is 12.1. The molecule has 2 aromatic carbocycles. The first-order valence-corrected chi connectivity index (χ1v) is 7.34. The van der Waals surface area contributed by atoms with Gasteiger partial charge >= 0.3 is 5.97 Å². The molecule has 2 aromatic rings. The molecule has 1 amide bonds. The fraction of sp³-hybridized carbons (Fsp3) is 0.167. The van der Waals surface area contributed by atoms with Gasteiger partial charge in [0.15, 0.2) is 0 Å². The Morgan fingerprint density at radius 2 is 1.75 bits per heavy atom. The van der Waals surface area contributed by atoms with E-state index in [2.05, 4.69) is 0 Å². The summed E-state index contributed by atoms with van der Waals surface area (Å²) in [6, 6.07) is 13.8. The van der Waals surface area contributed by atoms with Gasteiger partial charge in [-0.25, -0.2) is 0 Å². The van der Waals surface area contributed by atoms with E-state index in [1.165, 1.54) is 7.11 Å². The van der Waals surface area contributed by atoms with Crippen molar-refractivity contribution in [2.24, 2.45) is 0 Å². The van der Waals surface area contributed by atoms with Gasteiger partial charge in [0.25, 0.3) is 11.7 Å². The Kier molecular flexibility index (Phi) is 4.29. The molecule has 0 spiro atoms. The number of ether oxygens (including phenoxy) is 2. The normalized spacial score (nSPS) is 13.0. The van der Waals surface area contributed by atoms with Crippen LogP contribution in [0.5, 0.6) is 5.75 Å². The molecule has 0 radical (unpaired) electrons. The predicted octanol–water partition coefficient (Wildman–Crippen LogP) is 1.97. The summed E-state index contributed by atoms with van der Waals surface area (Å²) in [4.78, 5) is 37.1. The zero-order valence-electron chi connectivity index (χ0n) is 13.0. The highest BCUT2D eigenvalue weighted by molar-refractivity contribution is 6.52. The molecule has 0 unspecified atom stereocenters. The second kappa shape index (κ2) is 6.54. The fourth-order valence-corrected chi connectivity index (χ4v) is 2.56. The molecule has 6 nitrogen and oxygen atoms in total. The number of carbonyl (C=O) groups excluding carboxylic acids is 3. The molecule has 0 saturated carbocycles. The number of esters is 1. The molecule has 0 bridgehead atoms. The molecule has 0 aromatic heterocycles. The highest BCUT2D eigenvalue weighted by atomic mass is 16.5. The molecule has 1 aliphatic heterocycles. The number of methoxy groups -OCH3 is 1. The minimum absolute atomic E-state index is 0.0282. The van der Waals surface area contributed by atoms with Crippen LogP contribution in [0.1, 0.15) is 15.9 Å². The van der Waals surface area contributed by atoms with E-state index in [4.69, 9.17) is 9.47 Å². The number of fused-ring (bicyclic) bond motifs is 1. The van der Waals surface area contributed by atoms with Crippen molar-refractivity contribution in [3.8, 4) is 5.75 Å².